The molecule has 26 heavy (non-hydrogen) atoms. The van der Waals surface area contributed by atoms with Gasteiger partial charge in [-0.2, -0.15) is 5.10 Å². The molecule has 3 heterocycles. The fourth-order valence-corrected chi connectivity index (χ4v) is 3.71. The number of nitrogens with zero attached hydrogens (tertiary/aromatic N) is 1. The van der Waals surface area contributed by atoms with Crippen molar-refractivity contribution in [3.8, 4) is 17.0 Å². The maximum absolute atomic E-state index is 12.3. The van der Waals surface area contributed by atoms with Gasteiger partial charge in [0.25, 0.3) is 11.8 Å². The van der Waals surface area contributed by atoms with Crippen molar-refractivity contribution in [3.05, 3.63) is 52.5 Å². The van der Waals surface area contributed by atoms with E-state index in [-0.39, 0.29) is 5.91 Å². The Morgan fingerprint density at radius 3 is 2.77 bits per heavy atom. The molecule has 130 valence electrons. The van der Waals surface area contributed by atoms with E-state index in [0.29, 0.717) is 26.7 Å². The maximum atomic E-state index is 12.3. The van der Waals surface area contributed by atoms with Crippen LogP contribution in [0, 0.1) is 0 Å². The molecule has 7 nitrogen and oxygen atoms in total. The number of benzene rings is 1. The van der Waals surface area contributed by atoms with Gasteiger partial charge < -0.3 is 15.8 Å². The van der Waals surface area contributed by atoms with Crippen LogP contribution < -0.4 is 15.8 Å². The van der Waals surface area contributed by atoms with Gasteiger partial charge in [0.2, 0.25) is 0 Å². The highest BCUT2D eigenvalue weighted by Crippen LogP contribution is 2.40. The molecule has 0 bridgehead atoms. The maximum Gasteiger partial charge on any atom is 0.258 e. The quantitative estimate of drug-likeness (QED) is 0.617. The number of fused-ring (bicyclic) bond motifs is 1. The first-order valence-corrected chi connectivity index (χ1v) is 8.53. The molecule has 0 saturated heterocycles. The number of primary amides is 1. The molecule has 0 fully saturated rings. The van der Waals surface area contributed by atoms with E-state index in [1.54, 1.807) is 25.4 Å². The number of nitrogens with two attached hydrogens (primary N) is 1. The molecule has 2 amide bonds. The van der Waals surface area contributed by atoms with Crippen molar-refractivity contribution in [2.75, 3.05) is 12.4 Å². The molecule has 2 aromatic heterocycles. The van der Waals surface area contributed by atoms with E-state index >= 15 is 0 Å². The Hall–Kier alpha value is -3.39. The van der Waals surface area contributed by atoms with Gasteiger partial charge in [-0.15, -0.1) is 11.3 Å². The molecule has 1 aromatic carbocycles. The number of aromatic amines is 1. The summed E-state index contributed by atoms with van der Waals surface area (Å²) in [5, 5.41) is 10.5. The second kappa shape index (κ2) is 6.16. The number of hydrogen-bond acceptors (Lipinski definition) is 5. The topological polar surface area (TPSA) is 110 Å². The lowest BCUT2D eigenvalue weighted by molar-refractivity contribution is -0.110. The van der Waals surface area contributed by atoms with E-state index in [1.165, 1.54) is 11.3 Å². The Morgan fingerprint density at radius 2 is 2.08 bits per heavy atom. The van der Waals surface area contributed by atoms with E-state index in [1.807, 2.05) is 24.3 Å². The normalized spacial score (nSPS) is 14.3. The summed E-state index contributed by atoms with van der Waals surface area (Å²) < 4.78 is 5.17. The van der Waals surface area contributed by atoms with Gasteiger partial charge in [-0.3, -0.25) is 14.7 Å². The molecule has 0 radical (unpaired) electrons. The first-order valence-electron chi connectivity index (χ1n) is 7.72. The standard InChI is InChI=1S/C18H14N4O3S/c1-25-11-4-2-9(3-5-11)15-10(8-20-22-15)6-12-13-7-14(16(19)23)26-18(13)21-17(12)24/h2-8H,1H3,(H2,19,23)(H,20,22)(H,21,24)/b12-6+. The van der Waals surface area contributed by atoms with Gasteiger partial charge in [-0.05, 0) is 36.4 Å². The van der Waals surface area contributed by atoms with Crippen molar-refractivity contribution < 1.29 is 14.3 Å². The minimum atomic E-state index is -0.514. The Labute approximate surface area is 152 Å². The molecular formula is C18H14N4O3S. The summed E-state index contributed by atoms with van der Waals surface area (Å²) in [7, 11) is 1.61. The Balaban J connectivity index is 1.75. The number of carbonyl (C=O) groups is 2. The number of nitrogens with one attached hydrogen (secondary N) is 2. The van der Waals surface area contributed by atoms with Crippen molar-refractivity contribution in [1.29, 1.82) is 0 Å². The van der Waals surface area contributed by atoms with Crippen LogP contribution in [0.25, 0.3) is 22.9 Å². The first-order chi connectivity index (χ1) is 12.6. The second-order valence-electron chi connectivity index (χ2n) is 5.65. The highest BCUT2D eigenvalue weighted by molar-refractivity contribution is 7.18. The van der Waals surface area contributed by atoms with Crippen molar-refractivity contribution in [2.24, 2.45) is 5.73 Å². The Bertz CT molecular complexity index is 1050. The number of carbonyl (C=O) groups excluding carboxylic acids is 2. The van der Waals surface area contributed by atoms with Crippen molar-refractivity contribution >= 4 is 39.8 Å². The van der Waals surface area contributed by atoms with Gasteiger partial charge in [-0.25, -0.2) is 0 Å². The third-order valence-corrected chi connectivity index (χ3v) is 5.13. The van der Waals surface area contributed by atoms with E-state index in [2.05, 4.69) is 15.5 Å². The predicted molar refractivity (Wildman–Crippen MR) is 99.9 cm³/mol. The minimum Gasteiger partial charge on any atom is -0.497 e. The molecule has 0 saturated carbocycles. The van der Waals surface area contributed by atoms with Crippen LogP contribution in [0.15, 0.2) is 36.5 Å². The van der Waals surface area contributed by atoms with Gasteiger partial charge in [0, 0.05) is 22.9 Å². The van der Waals surface area contributed by atoms with Crippen LogP contribution in [0.2, 0.25) is 0 Å². The number of rotatable bonds is 4. The molecule has 4 rings (SSSR count). The fourth-order valence-electron chi connectivity index (χ4n) is 2.79. The fraction of sp³-hybridized carbons (Fsp3) is 0.0556. The molecular weight excluding hydrogens is 352 g/mol. The summed E-state index contributed by atoms with van der Waals surface area (Å²) in [4.78, 5) is 24.1. The van der Waals surface area contributed by atoms with Gasteiger partial charge in [0.05, 0.1) is 23.3 Å². The number of ether oxygens (including phenoxy) is 1. The Kier molecular flexibility index (Phi) is 3.81. The van der Waals surface area contributed by atoms with Crippen molar-refractivity contribution in [3.63, 3.8) is 0 Å². The summed E-state index contributed by atoms with van der Waals surface area (Å²) in [6.07, 6.45) is 3.47. The van der Waals surface area contributed by atoms with Crippen LogP contribution >= 0.6 is 11.3 Å². The lowest BCUT2D eigenvalue weighted by Crippen LogP contribution is -2.09. The van der Waals surface area contributed by atoms with Crippen LogP contribution in [0.3, 0.4) is 0 Å². The van der Waals surface area contributed by atoms with Gasteiger partial charge in [0.15, 0.2) is 0 Å². The van der Waals surface area contributed by atoms with E-state index in [0.717, 1.165) is 16.9 Å². The van der Waals surface area contributed by atoms with Gasteiger partial charge in [-0.1, -0.05) is 0 Å². The van der Waals surface area contributed by atoms with E-state index in [4.69, 9.17) is 10.5 Å². The summed E-state index contributed by atoms with van der Waals surface area (Å²) in [5.74, 6) is 0.0191. The molecule has 0 aliphatic carbocycles. The van der Waals surface area contributed by atoms with Crippen LogP contribution in [0.4, 0.5) is 5.00 Å². The third-order valence-electron chi connectivity index (χ3n) is 4.07. The smallest absolute Gasteiger partial charge is 0.258 e. The van der Waals surface area contributed by atoms with Crippen LogP contribution in [-0.4, -0.2) is 29.1 Å². The van der Waals surface area contributed by atoms with Crippen molar-refractivity contribution in [2.45, 2.75) is 0 Å². The zero-order chi connectivity index (χ0) is 18.3. The van der Waals surface area contributed by atoms with Crippen LogP contribution in [-0.2, 0) is 4.79 Å². The Morgan fingerprint density at radius 1 is 1.31 bits per heavy atom. The second-order valence-corrected chi connectivity index (χ2v) is 6.70. The summed E-state index contributed by atoms with van der Waals surface area (Å²) in [6.45, 7) is 0. The average Bonchev–Trinajstić information content (AvgIpc) is 3.32. The van der Waals surface area contributed by atoms with Crippen molar-refractivity contribution in [1.82, 2.24) is 10.2 Å². The largest absolute Gasteiger partial charge is 0.497 e. The summed E-state index contributed by atoms with van der Waals surface area (Å²) in [5.41, 5.74) is 8.85. The number of methoxy groups -OCH3 is 1. The van der Waals surface area contributed by atoms with E-state index < -0.39 is 5.91 Å². The first kappa shape index (κ1) is 16.1. The monoisotopic (exact) mass is 366 g/mol. The number of amides is 2. The van der Waals surface area contributed by atoms with E-state index in [9.17, 15) is 9.59 Å². The minimum absolute atomic E-state index is 0.218. The molecule has 1 aliphatic heterocycles. The molecule has 8 heteroatoms. The average molecular weight is 366 g/mol. The van der Waals surface area contributed by atoms with Gasteiger partial charge >= 0.3 is 0 Å². The lowest BCUT2D eigenvalue weighted by Gasteiger charge is -2.02. The van der Waals surface area contributed by atoms with Crippen LogP contribution in [0.5, 0.6) is 5.75 Å². The number of H-pyrrole nitrogens is 1. The zero-order valence-corrected chi connectivity index (χ0v) is 14.5. The summed E-state index contributed by atoms with van der Waals surface area (Å²) in [6, 6.07) is 9.12. The number of anilines is 1. The molecule has 3 aromatic rings. The predicted octanol–water partition coefficient (Wildman–Crippen LogP) is 2.74. The number of hydrogen-bond donors (Lipinski definition) is 3. The zero-order valence-electron chi connectivity index (χ0n) is 13.7. The molecule has 0 spiro atoms. The van der Waals surface area contributed by atoms with Crippen LogP contribution in [0.1, 0.15) is 20.8 Å². The molecule has 4 N–H and O–H groups in total. The third kappa shape index (κ3) is 2.66. The SMILES string of the molecule is COc1ccc(-c2n[nH]cc2/C=C2/C(=O)Nc3sc(C(N)=O)cc32)cc1. The molecule has 0 atom stereocenters. The molecule has 0 unspecified atom stereocenters. The molecule has 1 aliphatic rings. The lowest BCUT2D eigenvalue weighted by atomic mass is 10.0. The highest BCUT2D eigenvalue weighted by atomic mass is 32.1. The summed E-state index contributed by atoms with van der Waals surface area (Å²) >= 11 is 1.17. The number of aromatic nitrogens is 2. The number of thiophene rings is 1. The van der Waals surface area contributed by atoms with Gasteiger partial charge in [0.1, 0.15) is 10.8 Å². The highest BCUT2D eigenvalue weighted by Gasteiger charge is 2.28.